The lowest BCUT2D eigenvalue weighted by atomic mass is 10.1. The molecule has 0 aromatic carbocycles. The Hall–Kier alpha value is -1.03. The molecule has 3 N–H and O–H groups in total. The van der Waals surface area contributed by atoms with Gasteiger partial charge >= 0.3 is 19.8 Å². The van der Waals surface area contributed by atoms with Crippen molar-refractivity contribution in [3.63, 3.8) is 0 Å². The first-order valence-corrected chi connectivity index (χ1v) is 14.5. The number of hydrogen-bond donors (Lipinski definition) is 3. The van der Waals surface area contributed by atoms with Gasteiger partial charge in [0.15, 0.2) is 6.10 Å². The molecule has 0 aliphatic heterocycles. The number of carbonyl (C=O) groups excluding carboxylic acids is 2. The van der Waals surface area contributed by atoms with Crippen molar-refractivity contribution < 1.29 is 47.8 Å². The van der Waals surface area contributed by atoms with Crippen molar-refractivity contribution in [2.45, 2.75) is 116 Å². The summed E-state index contributed by atoms with van der Waals surface area (Å²) in [5.41, 5.74) is 0. The van der Waals surface area contributed by atoms with Gasteiger partial charge in [0.1, 0.15) is 12.7 Å². The summed E-state index contributed by atoms with van der Waals surface area (Å²) < 4.78 is 32.0. The second-order valence-electron chi connectivity index (χ2n) is 8.73. The summed E-state index contributed by atoms with van der Waals surface area (Å²) in [5, 5.41) is 18.0. The number of unbranched alkanes of at least 4 members (excludes halogenated alkanes) is 10. The van der Waals surface area contributed by atoms with E-state index in [1.165, 1.54) is 19.3 Å². The van der Waals surface area contributed by atoms with Crippen LogP contribution in [0.15, 0.2) is 0 Å². The first-order chi connectivity index (χ1) is 16.7. The molecule has 0 fully saturated rings. The molecule has 0 saturated carbocycles. The van der Waals surface area contributed by atoms with Gasteiger partial charge in [-0.25, -0.2) is 4.57 Å². The summed E-state index contributed by atoms with van der Waals surface area (Å²) in [4.78, 5) is 34.0. The van der Waals surface area contributed by atoms with Crippen molar-refractivity contribution in [3.8, 4) is 0 Å². The maximum atomic E-state index is 12.2. The lowest BCUT2D eigenvalue weighted by Gasteiger charge is -2.20. The molecule has 0 aromatic rings. The predicted molar refractivity (Wildman–Crippen MR) is 132 cm³/mol. The van der Waals surface area contributed by atoms with Crippen molar-refractivity contribution in [1.29, 1.82) is 0 Å². The predicted octanol–water partition coefficient (Wildman–Crippen LogP) is 4.43. The molecule has 3 atom stereocenters. The topological polar surface area (TPSA) is 149 Å². The van der Waals surface area contributed by atoms with E-state index in [4.69, 9.17) is 19.1 Å². The van der Waals surface area contributed by atoms with Gasteiger partial charge in [0.05, 0.1) is 19.8 Å². The van der Waals surface area contributed by atoms with Crippen LogP contribution in [-0.4, -0.2) is 65.7 Å². The standard InChI is InChI=1S/C24H47O10P/c1-3-5-7-9-10-12-14-16-24(28)34-22(19-31-23(27)15-13-11-8-6-4-2)20-33-35(29,30)32-18-21(26)17-25/h21-22,25-26H,3-20H2,1-2H3,(H,29,30). The number of aliphatic hydroxyl groups excluding tert-OH is 2. The molecule has 0 saturated heterocycles. The third kappa shape index (κ3) is 21.9. The number of ether oxygens (including phenoxy) is 2. The fourth-order valence-corrected chi connectivity index (χ4v) is 3.96. The molecule has 0 spiro atoms. The molecule has 0 aliphatic rings. The number of phosphoric ester groups is 1. The Morgan fingerprint density at radius 3 is 1.77 bits per heavy atom. The Bertz CT molecular complexity index is 587. The minimum atomic E-state index is -4.58. The largest absolute Gasteiger partial charge is 0.472 e. The van der Waals surface area contributed by atoms with Crippen molar-refractivity contribution >= 4 is 19.8 Å². The van der Waals surface area contributed by atoms with E-state index in [2.05, 4.69) is 18.4 Å². The molecule has 11 heteroatoms. The monoisotopic (exact) mass is 526 g/mol. The van der Waals surface area contributed by atoms with Crippen LogP contribution in [0.25, 0.3) is 0 Å². The minimum absolute atomic E-state index is 0.186. The van der Waals surface area contributed by atoms with Crippen molar-refractivity contribution in [2.75, 3.05) is 26.4 Å². The van der Waals surface area contributed by atoms with E-state index in [1.54, 1.807) is 0 Å². The Kier molecular flexibility index (Phi) is 21.5. The van der Waals surface area contributed by atoms with Crippen LogP contribution in [0.5, 0.6) is 0 Å². The molecule has 0 amide bonds. The molecule has 35 heavy (non-hydrogen) atoms. The van der Waals surface area contributed by atoms with Gasteiger partial charge in [-0.3, -0.25) is 18.6 Å². The Labute approximate surface area is 210 Å². The highest BCUT2D eigenvalue weighted by Gasteiger charge is 2.27. The van der Waals surface area contributed by atoms with Crippen LogP contribution >= 0.6 is 7.82 Å². The number of carbonyl (C=O) groups is 2. The Balaban J connectivity index is 4.57. The third-order valence-corrected chi connectivity index (χ3v) is 6.21. The van der Waals surface area contributed by atoms with Gasteiger partial charge in [0.2, 0.25) is 0 Å². The zero-order valence-electron chi connectivity index (χ0n) is 21.5. The lowest BCUT2D eigenvalue weighted by Crippen LogP contribution is -2.29. The van der Waals surface area contributed by atoms with Crippen LogP contribution in [0.4, 0.5) is 0 Å². The summed E-state index contributed by atoms with van der Waals surface area (Å²) >= 11 is 0. The maximum absolute atomic E-state index is 12.2. The summed E-state index contributed by atoms with van der Waals surface area (Å²) in [6, 6.07) is 0. The highest BCUT2D eigenvalue weighted by Crippen LogP contribution is 2.43. The van der Waals surface area contributed by atoms with Crippen LogP contribution in [0.2, 0.25) is 0 Å². The zero-order valence-corrected chi connectivity index (χ0v) is 22.4. The summed E-state index contributed by atoms with van der Waals surface area (Å²) in [6.07, 6.45) is 10.2. The van der Waals surface area contributed by atoms with Crippen LogP contribution < -0.4 is 0 Å². The van der Waals surface area contributed by atoms with Gasteiger partial charge in [0.25, 0.3) is 0 Å². The van der Waals surface area contributed by atoms with Crippen molar-refractivity contribution in [3.05, 3.63) is 0 Å². The van der Waals surface area contributed by atoms with E-state index in [9.17, 15) is 24.2 Å². The quantitative estimate of drug-likeness (QED) is 0.0936. The van der Waals surface area contributed by atoms with Crippen LogP contribution in [0.3, 0.4) is 0 Å². The number of hydrogen-bond acceptors (Lipinski definition) is 9. The van der Waals surface area contributed by atoms with Crippen LogP contribution in [-0.2, 0) is 32.7 Å². The third-order valence-electron chi connectivity index (χ3n) is 5.26. The van der Waals surface area contributed by atoms with Crippen LogP contribution in [0.1, 0.15) is 104 Å². The van der Waals surface area contributed by atoms with Gasteiger partial charge in [-0.05, 0) is 12.8 Å². The van der Waals surface area contributed by atoms with Crippen LogP contribution in [0, 0.1) is 0 Å². The molecular formula is C24H47O10P. The van der Waals surface area contributed by atoms with E-state index in [0.29, 0.717) is 12.8 Å². The fourth-order valence-electron chi connectivity index (χ4n) is 3.17. The Morgan fingerprint density at radius 2 is 1.23 bits per heavy atom. The summed E-state index contributed by atoms with van der Waals surface area (Å²) in [5.74, 6) is -0.948. The lowest BCUT2D eigenvalue weighted by molar-refractivity contribution is -0.161. The second-order valence-corrected chi connectivity index (χ2v) is 10.2. The number of esters is 2. The summed E-state index contributed by atoms with van der Waals surface area (Å²) in [6.45, 7) is 2.16. The first-order valence-electron chi connectivity index (χ1n) is 13.0. The minimum Gasteiger partial charge on any atom is -0.462 e. The first kappa shape index (κ1) is 34.0. The fraction of sp³-hybridized carbons (Fsp3) is 0.917. The molecule has 208 valence electrons. The molecule has 0 aliphatic carbocycles. The average Bonchev–Trinajstić information content (AvgIpc) is 2.83. The molecule has 0 aromatic heterocycles. The molecule has 0 radical (unpaired) electrons. The van der Waals surface area contributed by atoms with E-state index >= 15 is 0 Å². The average molecular weight is 527 g/mol. The van der Waals surface area contributed by atoms with Gasteiger partial charge in [-0.2, -0.15) is 0 Å². The number of rotatable bonds is 24. The van der Waals surface area contributed by atoms with Gasteiger partial charge in [0, 0.05) is 12.8 Å². The number of aliphatic hydroxyl groups is 2. The highest BCUT2D eigenvalue weighted by molar-refractivity contribution is 7.47. The van der Waals surface area contributed by atoms with Crippen molar-refractivity contribution in [1.82, 2.24) is 0 Å². The van der Waals surface area contributed by atoms with Gasteiger partial charge in [-0.15, -0.1) is 0 Å². The normalized spacial score (nSPS) is 14.8. The molecule has 0 heterocycles. The number of phosphoric acid groups is 1. The van der Waals surface area contributed by atoms with Gasteiger partial charge in [-0.1, -0.05) is 78.1 Å². The second kappa shape index (κ2) is 22.2. The highest BCUT2D eigenvalue weighted by atomic mass is 31.2. The summed E-state index contributed by atoms with van der Waals surface area (Å²) in [7, 11) is -4.58. The van der Waals surface area contributed by atoms with E-state index in [1.807, 2.05) is 0 Å². The van der Waals surface area contributed by atoms with E-state index in [0.717, 1.165) is 44.9 Å². The van der Waals surface area contributed by atoms with Gasteiger partial charge < -0.3 is 24.6 Å². The van der Waals surface area contributed by atoms with Crippen molar-refractivity contribution in [2.24, 2.45) is 0 Å². The van der Waals surface area contributed by atoms with E-state index < -0.39 is 51.8 Å². The molecule has 0 bridgehead atoms. The SMILES string of the molecule is CCCCCCCCCC(=O)OC(COC(=O)CCCCCCC)COP(=O)(O)OCC(O)CO. The van der Waals surface area contributed by atoms with E-state index in [-0.39, 0.29) is 19.4 Å². The molecular weight excluding hydrogens is 479 g/mol. The smallest absolute Gasteiger partial charge is 0.462 e. The molecule has 3 unspecified atom stereocenters. The molecule has 0 rings (SSSR count). The Morgan fingerprint density at radius 1 is 0.743 bits per heavy atom. The zero-order chi connectivity index (χ0) is 26.4. The maximum Gasteiger partial charge on any atom is 0.472 e. The molecule has 10 nitrogen and oxygen atoms in total.